The Morgan fingerprint density at radius 3 is 2.53 bits per heavy atom. The summed E-state index contributed by atoms with van der Waals surface area (Å²) in [6.07, 6.45) is 0.552. The van der Waals surface area contributed by atoms with Crippen LogP contribution < -0.4 is 4.74 Å². The monoisotopic (exact) mass is 342 g/mol. The Bertz CT molecular complexity index is 586. The van der Waals surface area contributed by atoms with E-state index in [1.54, 1.807) is 12.1 Å². The maximum atomic E-state index is 11.5. The van der Waals surface area contributed by atoms with Crippen molar-refractivity contribution in [2.45, 2.75) is 11.8 Å². The Labute approximate surface area is 127 Å². The summed E-state index contributed by atoms with van der Waals surface area (Å²) in [7, 11) is -1.47. The first kappa shape index (κ1) is 15.2. The summed E-state index contributed by atoms with van der Waals surface area (Å²) in [6.45, 7) is 0. The predicted octanol–water partition coefficient (Wildman–Crippen LogP) is 3.72. The van der Waals surface area contributed by atoms with E-state index in [4.69, 9.17) is 39.5 Å². The molecule has 3 nitrogen and oxygen atoms in total. The van der Waals surface area contributed by atoms with Crippen LogP contribution in [0.1, 0.15) is 17.4 Å². The lowest BCUT2D eigenvalue weighted by atomic mass is 9.98. The van der Waals surface area contributed by atoms with Gasteiger partial charge in [0.05, 0.1) is 29.0 Å². The first-order chi connectivity index (χ1) is 8.84. The van der Waals surface area contributed by atoms with Crippen molar-refractivity contribution < 1.29 is 13.2 Å². The summed E-state index contributed by atoms with van der Waals surface area (Å²) in [4.78, 5) is 0. The van der Waals surface area contributed by atoms with Crippen molar-refractivity contribution in [3.05, 3.63) is 27.7 Å². The summed E-state index contributed by atoms with van der Waals surface area (Å²) < 4.78 is 28.0. The second-order valence-electron chi connectivity index (χ2n) is 4.57. The minimum atomic E-state index is -2.97. The molecule has 0 spiro atoms. The minimum Gasteiger partial charge on any atom is -0.495 e. The summed E-state index contributed by atoms with van der Waals surface area (Å²) in [5.74, 6) is 0.621. The molecule has 0 bridgehead atoms. The molecule has 1 heterocycles. The molecule has 2 atom stereocenters. The van der Waals surface area contributed by atoms with Crippen molar-refractivity contribution >= 4 is 44.6 Å². The van der Waals surface area contributed by atoms with Gasteiger partial charge in [0.15, 0.2) is 9.84 Å². The number of ether oxygens (including phenoxy) is 1. The fraction of sp³-hybridized carbons (Fsp3) is 0.500. The Morgan fingerprint density at radius 1 is 1.32 bits per heavy atom. The number of sulfone groups is 1. The predicted molar refractivity (Wildman–Crippen MR) is 78.4 cm³/mol. The number of methoxy groups -OCH3 is 1. The third kappa shape index (κ3) is 3.30. The largest absolute Gasteiger partial charge is 0.495 e. The normalized spacial score (nSPS) is 23.3. The molecule has 1 aliphatic rings. The Kier molecular flexibility index (Phi) is 4.56. The molecule has 0 aliphatic carbocycles. The smallest absolute Gasteiger partial charge is 0.150 e. The molecule has 0 saturated carbocycles. The van der Waals surface area contributed by atoms with E-state index >= 15 is 0 Å². The van der Waals surface area contributed by atoms with Crippen LogP contribution in [0.25, 0.3) is 0 Å². The van der Waals surface area contributed by atoms with Crippen molar-refractivity contribution in [2.24, 2.45) is 5.92 Å². The SMILES string of the molecule is COc1cc(Cl)c(C(Cl)C2CCS(=O)(=O)C2)cc1Cl. The van der Waals surface area contributed by atoms with E-state index in [1.807, 2.05) is 0 Å². The Morgan fingerprint density at radius 2 is 2.00 bits per heavy atom. The van der Waals surface area contributed by atoms with Gasteiger partial charge in [0, 0.05) is 11.1 Å². The van der Waals surface area contributed by atoms with Crippen LogP contribution in [0.15, 0.2) is 12.1 Å². The van der Waals surface area contributed by atoms with Gasteiger partial charge in [-0.3, -0.25) is 0 Å². The van der Waals surface area contributed by atoms with E-state index in [0.29, 0.717) is 27.8 Å². The maximum absolute atomic E-state index is 11.5. The average Bonchev–Trinajstić information content (AvgIpc) is 2.71. The zero-order valence-corrected chi connectivity index (χ0v) is 13.3. The summed E-state index contributed by atoms with van der Waals surface area (Å²) in [5, 5.41) is 0.382. The molecule has 0 amide bonds. The van der Waals surface area contributed by atoms with Gasteiger partial charge in [0.1, 0.15) is 5.75 Å². The molecule has 1 fully saturated rings. The van der Waals surface area contributed by atoms with E-state index in [2.05, 4.69) is 0 Å². The second-order valence-corrected chi connectivity index (χ2v) is 8.09. The molecule has 2 rings (SSSR count). The minimum absolute atomic E-state index is 0.0984. The van der Waals surface area contributed by atoms with Crippen LogP contribution in [-0.4, -0.2) is 27.0 Å². The quantitative estimate of drug-likeness (QED) is 0.786. The molecule has 106 valence electrons. The highest BCUT2D eigenvalue weighted by Crippen LogP contribution is 2.42. The van der Waals surface area contributed by atoms with Gasteiger partial charge in [-0.25, -0.2) is 8.42 Å². The zero-order valence-electron chi connectivity index (χ0n) is 10.2. The standard InChI is InChI=1S/C12H13Cl3O3S/c1-18-11-5-9(13)8(4-10(11)14)12(15)7-2-3-19(16,17)6-7/h4-5,7,12H,2-3,6H2,1H3. The van der Waals surface area contributed by atoms with Gasteiger partial charge in [-0.2, -0.15) is 0 Å². The van der Waals surface area contributed by atoms with Gasteiger partial charge >= 0.3 is 0 Å². The molecule has 1 aromatic carbocycles. The molecular formula is C12H13Cl3O3S. The lowest BCUT2D eigenvalue weighted by Gasteiger charge is -2.18. The first-order valence-corrected chi connectivity index (χ1v) is 8.73. The molecule has 1 aliphatic heterocycles. The number of rotatable bonds is 3. The third-order valence-corrected chi connectivity index (χ3v) is 6.26. The molecule has 7 heteroatoms. The van der Waals surface area contributed by atoms with E-state index in [1.165, 1.54) is 7.11 Å². The second kappa shape index (κ2) is 5.68. The van der Waals surface area contributed by atoms with Crippen LogP contribution in [0.4, 0.5) is 0 Å². The summed E-state index contributed by atoms with van der Waals surface area (Å²) in [5.41, 5.74) is 0.649. The third-order valence-electron chi connectivity index (χ3n) is 3.25. The molecular weight excluding hydrogens is 331 g/mol. The van der Waals surface area contributed by atoms with E-state index in [-0.39, 0.29) is 17.4 Å². The van der Waals surface area contributed by atoms with Gasteiger partial charge in [-0.05, 0) is 24.0 Å². The molecule has 2 unspecified atom stereocenters. The number of halogens is 3. The van der Waals surface area contributed by atoms with Crippen molar-refractivity contribution in [3.63, 3.8) is 0 Å². The van der Waals surface area contributed by atoms with E-state index in [0.717, 1.165) is 0 Å². The molecule has 0 N–H and O–H groups in total. The van der Waals surface area contributed by atoms with Crippen LogP contribution in [0.2, 0.25) is 10.0 Å². The molecule has 0 aromatic heterocycles. The van der Waals surface area contributed by atoms with Crippen molar-refractivity contribution in [3.8, 4) is 5.75 Å². The highest BCUT2D eigenvalue weighted by molar-refractivity contribution is 7.91. The maximum Gasteiger partial charge on any atom is 0.150 e. The van der Waals surface area contributed by atoms with Crippen molar-refractivity contribution in [1.82, 2.24) is 0 Å². The van der Waals surface area contributed by atoms with Gasteiger partial charge in [0.2, 0.25) is 0 Å². The number of hydrogen-bond acceptors (Lipinski definition) is 3. The lowest BCUT2D eigenvalue weighted by Crippen LogP contribution is -2.11. The zero-order chi connectivity index (χ0) is 14.2. The first-order valence-electron chi connectivity index (χ1n) is 5.71. The van der Waals surface area contributed by atoms with Crippen molar-refractivity contribution in [1.29, 1.82) is 0 Å². The molecule has 1 aromatic rings. The van der Waals surface area contributed by atoms with Crippen molar-refractivity contribution in [2.75, 3.05) is 18.6 Å². The molecule has 1 saturated heterocycles. The van der Waals surface area contributed by atoms with Gasteiger partial charge in [-0.15, -0.1) is 11.6 Å². The van der Waals surface area contributed by atoms with Crippen LogP contribution in [0, 0.1) is 5.92 Å². The molecule has 0 radical (unpaired) electrons. The fourth-order valence-corrected chi connectivity index (χ4v) is 5.14. The van der Waals surface area contributed by atoms with Crippen LogP contribution in [-0.2, 0) is 9.84 Å². The highest BCUT2D eigenvalue weighted by atomic mass is 35.5. The number of hydrogen-bond donors (Lipinski definition) is 0. The fourth-order valence-electron chi connectivity index (χ4n) is 2.22. The Hall–Kier alpha value is -0.160. The van der Waals surface area contributed by atoms with Crippen LogP contribution in [0.5, 0.6) is 5.75 Å². The summed E-state index contributed by atoms with van der Waals surface area (Å²) in [6, 6.07) is 3.24. The lowest BCUT2D eigenvalue weighted by molar-refractivity contribution is 0.414. The van der Waals surface area contributed by atoms with Crippen LogP contribution >= 0.6 is 34.8 Å². The van der Waals surface area contributed by atoms with Crippen LogP contribution in [0.3, 0.4) is 0 Å². The van der Waals surface area contributed by atoms with Gasteiger partial charge < -0.3 is 4.74 Å². The van der Waals surface area contributed by atoms with Gasteiger partial charge in [-0.1, -0.05) is 23.2 Å². The number of alkyl halides is 1. The Balaban J connectivity index is 2.29. The number of benzene rings is 1. The van der Waals surface area contributed by atoms with E-state index < -0.39 is 15.2 Å². The average molecular weight is 344 g/mol. The summed E-state index contributed by atoms with van der Waals surface area (Å²) >= 11 is 18.6. The highest BCUT2D eigenvalue weighted by Gasteiger charge is 2.34. The van der Waals surface area contributed by atoms with E-state index in [9.17, 15) is 8.42 Å². The van der Waals surface area contributed by atoms with Gasteiger partial charge in [0.25, 0.3) is 0 Å². The topological polar surface area (TPSA) is 43.4 Å². The molecule has 19 heavy (non-hydrogen) atoms.